The molecule has 2 heterocycles. The number of aryl methyl sites for hydroxylation is 2. The second kappa shape index (κ2) is 10.6. The van der Waals surface area contributed by atoms with Gasteiger partial charge in [0.25, 0.3) is 0 Å². The van der Waals surface area contributed by atoms with E-state index < -0.39 is 0 Å². The summed E-state index contributed by atoms with van der Waals surface area (Å²) in [4.78, 5) is 33.2. The molecule has 6 nitrogen and oxygen atoms in total. The summed E-state index contributed by atoms with van der Waals surface area (Å²) < 4.78 is 0. The number of anilines is 1. The van der Waals surface area contributed by atoms with E-state index in [0.29, 0.717) is 22.6 Å². The average Bonchev–Trinajstić information content (AvgIpc) is 3.22. The predicted octanol–water partition coefficient (Wildman–Crippen LogP) is 8.07. The summed E-state index contributed by atoms with van der Waals surface area (Å²) in [6, 6.07) is 17.9. The van der Waals surface area contributed by atoms with E-state index in [9.17, 15) is 9.70 Å². The lowest BCUT2D eigenvalue weighted by molar-refractivity contribution is -0.120. The van der Waals surface area contributed by atoms with Gasteiger partial charge in [0.15, 0.2) is 5.82 Å². The zero-order chi connectivity index (χ0) is 24.9. The average molecular weight is 469 g/mol. The first-order valence-electron chi connectivity index (χ1n) is 12.3. The molecule has 4 rings (SSSR count). The van der Waals surface area contributed by atoms with Crippen LogP contribution in [0.1, 0.15) is 50.7 Å². The lowest BCUT2D eigenvalue weighted by atomic mass is 9.94. The fraction of sp³-hybridized carbons (Fsp3) is 0.310. The van der Waals surface area contributed by atoms with Crippen LogP contribution in [-0.4, -0.2) is 15.9 Å². The van der Waals surface area contributed by atoms with Gasteiger partial charge in [-0.2, -0.15) is 0 Å². The van der Waals surface area contributed by atoms with Crippen molar-refractivity contribution in [2.45, 2.75) is 53.4 Å². The number of carbonyl (C=O) groups is 1. The summed E-state index contributed by atoms with van der Waals surface area (Å²) in [5.41, 5.74) is 5.86. The molecule has 0 radical (unpaired) electrons. The van der Waals surface area contributed by atoms with Crippen molar-refractivity contribution in [2.75, 3.05) is 5.32 Å². The van der Waals surface area contributed by atoms with Gasteiger partial charge in [0, 0.05) is 16.9 Å². The summed E-state index contributed by atoms with van der Waals surface area (Å²) in [6.45, 7) is 8.19. The minimum atomic E-state index is -0.104. The summed E-state index contributed by atoms with van der Waals surface area (Å²) in [5.74, 6) is 0.470. The van der Waals surface area contributed by atoms with E-state index in [1.165, 1.54) is 0 Å². The number of rotatable bonds is 9. The van der Waals surface area contributed by atoms with Crippen LogP contribution in [-0.2, 0) is 4.79 Å². The molecule has 0 saturated heterocycles. The summed E-state index contributed by atoms with van der Waals surface area (Å²) in [6.07, 6.45) is 3.60. The number of carbonyl (C=O) groups excluding carboxylic acids is 1. The molecule has 1 amide bonds. The Morgan fingerprint density at radius 1 is 1.06 bits per heavy atom. The van der Waals surface area contributed by atoms with Gasteiger partial charge in [-0.1, -0.05) is 74.7 Å². The Labute approximate surface area is 206 Å². The molecule has 180 valence electrons. The highest BCUT2D eigenvalue weighted by atomic mass is 16.3. The predicted molar refractivity (Wildman–Crippen MR) is 144 cm³/mol. The quantitative estimate of drug-likeness (QED) is 0.243. The number of aromatic amines is 1. The van der Waals surface area contributed by atoms with Crippen molar-refractivity contribution in [2.24, 2.45) is 11.1 Å². The van der Waals surface area contributed by atoms with E-state index in [2.05, 4.69) is 28.5 Å². The second-order valence-electron chi connectivity index (χ2n) is 9.13. The molecule has 35 heavy (non-hydrogen) atoms. The van der Waals surface area contributed by atoms with E-state index in [4.69, 9.17) is 4.98 Å². The van der Waals surface area contributed by atoms with Crippen molar-refractivity contribution in [1.29, 1.82) is 0 Å². The largest absolute Gasteiger partial charge is 0.322 e. The molecule has 2 aromatic carbocycles. The third-order valence-corrected chi connectivity index (χ3v) is 6.60. The second-order valence-corrected chi connectivity index (χ2v) is 9.13. The number of nitrogens with one attached hydrogen (secondary N) is 2. The van der Waals surface area contributed by atoms with E-state index in [1.54, 1.807) is 0 Å². The number of para-hydroxylation sites is 1. The standard InChI is InChI=1S/C29H32N4O2/c1-5-7-10-20(6-2)29(34)32-27-26(24-16-14-21-11-8-9-12-23(21)30-24)25(28(31-27)33-35)22-15-13-18(3)17-19(22)4/h8-9,11-17,20,31H,5-7,10H2,1-4H3,(H,32,34). The Kier molecular flexibility index (Phi) is 7.39. The molecular weight excluding hydrogens is 436 g/mol. The number of unbranched alkanes of at least 4 members (excludes halogenated alkanes) is 1. The van der Waals surface area contributed by atoms with Gasteiger partial charge in [0.1, 0.15) is 5.82 Å². The van der Waals surface area contributed by atoms with Gasteiger partial charge in [0.2, 0.25) is 5.91 Å². The number of nitrogens with zero attached hydrogens (tertiary/aromatic N) is 2. The maximum atomic E-state index is 13.2. The molecule has 4 aromatic rings. The number of hydrogen-bond acceptors (Lipinski definition) is 4. The Bertz CT molecular complexity index is 1370. The van der Waals surface area contributed by atoms with Crippen LogP contribution in [0.4, 0.5) is 11.6 Å². The van der Waals surface area contributed by atoms with Crippen molar-refractivity contribution in [3.05, 3.63) is 70.6 Å². The first-order chi connectivity index (χ1) is 17.0. The highest BCUT2D eigenvalue weighted by Crippen LogP contribution is 2.45. The molecule has 6 heteroatoms. The minimum Gasteiger partial charge on any atom is -0.322 e. The lowest BCUT2D eigenvalue weighted by Crippen LogP contribution is -2.22. The number of pyridine rings is 1. The van der Waals surface area contributed by atoms with Crippen LogP contribution in [0.5, 0.6) is 0 Å². The molecule has 0 saturated carbocycles. The number of nitroso groups, excluding NO2 is 1. The van der Waals surface area contributed by atoms with Crippen molar-refractivity contribution in [1.82, 2.24) is 9.97 Å². The Morgan fingerprint density at radius 2 is 1.86 bits per heavy atom. The molecule has 1 atom stereocenters. The van der Waals surface area contributed by atoms with Gasteiger partial charge in [-0.15, -0.1) is 4.91 Å². The molecule has 2 N–H and O–H groups in total. The number of fused-ring (bicyclic) bond motifs is 1. The molecular formula is C29H32N4O2. The van der Waals surface area contributed by atoms with E-state index in [1.807, 2.05) is 69.3 Å². The number of H-pyrrole nitrogens is 1. The maximum Gasteiger partial charge on any atom is 0.228 e. The van der Waals surface area contributed by atoms with E-state index in [0.717, 1.165) is 53.3 Å². The van der Waals surface area contributed by atoms with Gasteiger partial charge >= 0.3 is 0 Å². The third kappa shape index (κ3) is 5.02. The van der Waals surface area contributed by atoms with Gasteiger partial charge in [0.05, 0.1) is 16.8 Å². The molecule has 0 fully saturated rings. The van der Waals surface area contributed by atoms with E-state index in [-0.39, 0.29) is 17.6 Å². The first kappa shape index (κ1) is 24.3. The highest BCUT2D eigenvalue weighted by molar-refractivity contribution is 6.03. The van der Waals surface area contributed by atoms with Crippen LogP contribution in [0, 0.1) is 24.7 Å². The van der Waals surface area contributed by atoms with E-state index >= 15 is 0 Å². The fourth-order valence-electron chi connectivity index (χ4n) is 4.66. The van der Waals surface area contributed by atoms with Crippen LogP contribution in [0.15, 0.2) is 59.8 Å². The number of aromatic nitrogens is 2. The topological polar surface area (TPSA) is 87.2 Å². The molecule has 1 unspecified atom stereocenters. The molecule has 0 bridgehead atoms. The minimum absolute atomic E-state index is 0.0612. The van der Waals surface area contributed by atoms with Crippen molar-refractivity contribution in [3.63, 3.8) is 0 Å². The SMILES string of the molecule is CCCCC(CC)C(=O)Nc1[nH]c(N=O)c(-c2ccc(C)cc2C)c1-c1ccc2ccccc2n1. The summed E-state index contributed by atoms with van der Waals surface area (Å²) >= 11 is 0. The van der Waals surface area contributed by atoms with Gasteiger partial charge in [-0.3, -0.25) is 4.79 Å². The molecule has 0 aliphatic heterocycles. The smallest absolute Gasteiger partial charge is 0.228 e. The van der Waals surface area contributed by atoms with Crippen LogP contribution in [0.3, 0.4) is 0 Å². The summed E-state index contributed by atoms with van der Waals surface area (Å²) in [5, 5.41) is 7.41. The van der Waals surface area contributed by atoms with Gasteiger partial charge < -0.3 is 10.3 Å². The van der Waals surface area contributed by atoms with Gasteiger partial charge in [-0.05, 0) is 55.1 Å². The van der Waals surface area contributed by atoms with Crippen molar-refractivity contribution < 1.29 is 4.79 Å². The Morgan fingerprint density at radius 3 is 2.57 bits per heavy atom. The van der Waals surface area contributed by atoms with Crippen LogP contribution < -0.4 is 5.32 Å². The monoisotopic (exact) mass is 468 g/mol. The lowest BCUT2D eigenvalue weighted by Gasteiger charge is -2.16. The normalized spacial score (nSPS) is 12.0. The number of hydrogen-bond donors (Lipinski definition) is 2. The Hall–Kier alpha value is -3.80. The molecule has 0 aliphatic rings. The van der Waals surface area contributed by atoms with Crippen molar-refractivity contribution >= 4 is 28.4 Å². The zero-order valence-corrected chi connectivity index (χ0v) is 20.8. The van der Waals surface area contributed by atoms with Crippen LogP contribution in [0.25, 0.3) is 33.3 Å². The molecule has 0 spiro atoms. The zero-order valence-electron chi connectivity index (χ0n) is 20.8. The summed E-state index contributed by atoms with van der Waals surface area (Å²) in [7, 11) is 0. The maximum absolute atomic E-state index is 13.2. The highest BCUT2D eigenvalue weighted by Gasteiger charge is 2.26. The van der Waals surface area contributed by atoms with Crippen molar-refractivity contribution in [3.8, 4) is 22.4 Å². The molecule has 2 aromatic heterocycles. The van der Waals surface area contributed by atoms with Crippen LogP contribution in [0.2, 0.25) is 0 Å². The third-order valence-electron chi connectivity index (χ3n) is 6.60. The fourth-order valence-corrected chi connectivity index (χ4v) is 4.66. The first-order valence-corrected chi connectivity index (χ1v) is 12.3. The number of benzene rings is 2. The Balaban J connectivity index is 1.91. The number of amides is 1. The molecule has 0 aliphatic carbocycles. The van der Waals surface area contributed by atoms with Gasteiger partial charge in [-0.25, -0.2) is 4.98 Å². The van der Waals surface area contributed by atoms with Crippen LogP contribution >= 0.6 is 0 Å².